The predicted molar refractivity (Wildman–Crippen MR) is 99.9 cm³/mol. The maximum absolute atomic E-state index is 12.8. The fourth-order valence-corrected chi connectivity index (χ4v) is 4.40. The van der Waals surface area contributed by atoms with Gasteiger partial charge in [-0.2, -0.15) is 0 Å². The number of sulfone groups is 1. The summed E-state index contributed by atoms with van der Waals surface area (Å²) < 4.78 is 29.7. The highest BCUT2D eigenvalue weighted by atomic mass is 32.2. The van der Waals surface area contributed by atoms with Crippen molar-refractivity contribution in [2.24, 2.45) is 0 Å². The summed E-state index contributed by atoms with van der Waals surface area (Å²) in [6, 6.07) is 0. The standard InChI is InChI=1S/C19H25NO5S/c1-12(2)6-5-7-13(3)8-9-14-16(21)19-15(17(22)18(14)25-4)20-10-11-26(19,23)24/h6,8,20H,5,7,9-11H2,1-4H3/b13-8+. The second-order valence-electron chi connectivity index (χ2n) is 6.69. The Bertz CT molecular complexity index is 852. The van der Waals surface area contributed by atoms with Gasteiger partial charge in [0.2, 0.25) is 11.6 Å². The number of carbonyl (C=O) groups is 2. The molecule has 7 heteroatoms. The van der Waals surface area contributed by atoms with Crippen LogP contribution < -0.4 is 5.32 Å². The lowest BCUT2D eigenvalue weighted by Crippen LogP contribution is -2.41. The van der Waals surface area contributed by atoms with Crippen LogP contribution in [0.4, 0.5) is 0 Å². The van der Waals surface area contributed by atoms with E-state index in [2.05, 4.69) is 11.4 Å². The lowest BCUT2D eigenvalue weighted by atomic mass is 9.94. The van der Waals surface area contributed by atoms with Crippen LogP contribution in [0, 0.1) is 0 Å². The first kappa shape index (κ1) is 20.2. The van der Waals surface area contributed by atoms with E-state index in [1.54, 1.807) is 0 Å². The zero-order valence-electron chi connectivity index (χ0n) is 15.6. The molecule has 1 N–H and O–H groups in total. The van der Waals surface area contributed by atoms with Gasteiger partial charge in [0.1, 0.15) is 10.6 Å². The molecule has 0 fully saturated rings. The van der Waals surface area contributed by atoms with Gasteiger partial charge < -0.3 is 10.1 Å². The number of hydrogen-bond acceptors (Lipinski definition) is 6. The number of ether oxygens (including phenoxy) is 1. The zero-order chi connectivity index (χ0) is 19.5. The third kappa shape index (κ3) is 4.15. The lowest BCUT2D eigenvalue weighted by Gasteiger charge is -2.26. The van der Waals surface area contributed by atoms with Gasteiger partial charge in [0, 0.05) is 6.54 Å². The van der Waals surface area contributed by atoms with E-state index in [1.807, 2.05) is 26.8 Å². The van der Waals surface area contributed by atoms with E-state index in [-0.39, 0.29) is 35.7 Å². The summed E-state index contributed by atoms with van der Waals surface area (Å²) in [6.45, 7) is 6.12. The molecule has 0 amide bonds. The third-order valence-corrected chi connectivity index (χ3v) is 6.10. The molecule has 0 aromatic carbocycles. The van der Waals surface area contributed by atoms with Gasteiger partial charge >= 0.3 is 0 Å². The van der Waals surface area contributed by atoms with E-state index < -0.39 is 26.3 Å². The summed E-state index contributed by atoms with van der Waals surface area (Å²) in [4.78, 5) is 25.0. The topological polar surface area (TPSA) is 89.5 Å². The Morgan fingerprint density at radius 2 is 1.85 bits per heavy atom. The van der Waals surface area contributed by atoms with E-state index >= 15 is 0 Å². The van der Waals surface area contributed by atoms with Gasteiger partial charge in [0.05, 0.1) is 18.4 Å². The number of Topliss-reactive ketones (excluding diaryl/α,β-unsaturated/α-hetero) is 2. The first-order valence-corrected chi connectivity index (χ1v) is 10.2. The molecule has 2 rings (SSSR count). The first-order chi connectivity index (χ1) is 12.2. The average molecular weight is 379 g/mol. The quantitative estimate of drug-likeness (QED) is 0.563. The first-order valence-electron chi connectivity index (χ1n) is 8.55. The van der Waals surface area contributed by atoms with Crippen LogP contribution in [0.2, 0.25) is 0 Å². The van der Waals surface area contributed by atoms with Crippen molar-refractivity contribution in [3.63, 3.8) is 0 Å². The normalized spacial score (nSPS) is 19.9. The SMILES string of the molecule is COC1=C(C/C=C(\C)CCC=C(C)C)C(=O)C2=C(NCCS2(=O)=O)C1=O. The zero-order valence-corrected chi connectivity index (χ0v) is 16.5. The summed E-state index contributed by atoms with van der Waals surface area (Å²) in [5, 5.41) is 2.74. The minimum atomic E-state index is -3.76. The highest BCUT2D eigenvalue weighted by Gasteiger charge is 2.43. The average Bonchev–Trinajstić information content (AvgIpc) is 2.55. The second-order valence-corrected chi connectivity index (χ2v) is 8.74. The molecule has 142 valence electrons. The van der Waals surface area contributed by atoms with E-state index in [1.165, 1.54) is 12.7 Å². The summed E-state index contributed by atoms with van der Waals surface area (Å²) in [5.74, 6) is -1.49. The Morgan fingerprint density at radius 1 is 1.15 bits per heavy atom. The molecular formula is C19H25NO5S. The van der Waals surface area contributed by atoms with Crippen molar-refractivity contribution in [3.05, 3.63) is 45.2 Å². The van der Waals surface area contributed by atoms with Crippen LogP contribution in [0.1, 0.15) is 40.0 Å². The molecule has 0 aromatic heterocycles. The number of methoxy groups -OCH3 is 1. The molecule has 0 saturated heterocycles. The molecule has 0 atom stereocenters. The van der Waals surface area contributed by atoms with Crippen LogP contribution in [-0.2, 0) is 24.2 Å². The monoisotopic (exact) mass is 379 g/mol. The largest absolute Gasteiger partial charge is 0.492 e. The molecule has 1 heterocycles. The molecule has 1 aliphatic heterocycles. The molecule has 0 saturated carbocycles. The summed E-state index contributed by atoms with van der Waals surface area (Å²) >= 11 is 0. The highest BCUT2D eigenvalue weighted by molar-refractivity contribution is 7.96. The number of carbonyl (C=O) groups excluding carboxylic acids is 2. The number of ketones is 2. The predicted octanol–water partition coefficient (Wildman–Crippen LogP) is 2.35. The molecule has 0 radical (unpaired) electrons. The molecule has 6 nitrogen and oxygen atoms in total. The van der Waals surface area contributed by atoms with Crippen LogP contribution in [0.15, 0.2) is 45.2 Å². The molecule has 0 aromatic rings. The van der Waals surface area contributed by atoms with Crippen molar-refractivity contribution in [1.29, 1.82) is 0 Å². The summed E-state index contributed by atoms with van der Waals surface area (Å²) in [6.07, 6.45) is 5.87. The Morgan fingerprint density at radius 3 is 2.46 bits per heavy atom. The fourth-order valence-electron chi connectivity index (χ4n) is 2.95. The molecule has 1 aliphatic carbocycles. The van der Waals surface area contributed by atoms with Crippen LogP contribution in [-0.4, -0.2) is 39.4 Å². The van der Waals surface area contributed by atoms with E-state index in [4.69, 9.17) is 4.74 Å². The van der Waals surface area contributed by atoms with Crippen LogP contribution >= 0.6 is 0 Å². The van der Waals surface area contributed by atoms with E-state index in [0.29, 0.717) is 0 Å². The number of allylic oxidation sites excluding steroid dienone is 6. The fraction of sp³-hybridized carbons (Fsp3) is 0.474. The molecule has 0 spiro atoms. The number of hydrogen-bond donors (Lipinski definition) is 1. The van der Waals surface area contributed by atoms with Crippen molar-refractivity contribution in [2.75, 3.05) is 19.4 Å². The number of rotatable bonds is 6. The Balaban J connectivity index is 2.31. The van der Waals surface area contributed by atoms with Gasteiger partial charge in [-0.3, -0.25) is 9.59 Å². The second kappa shape index (κ2) is 8.03. The van der Waals surface area contributed by atoms with E-state index in [0.717, 1.165) is 18.4 Å². The van der Waals surface area contributed by atoms with Crippen molar-refractivity contribution in [1.82, 2.24) is 5.32 Å². The minimum Gasteiger partial charge on any atom is -0.492 e. The van der Waals surface area contributed by atoms with Crippen molar-refractivity contribution in [3.8, 4) is 0 Å². The Kier molecular flexibility index (Phi) is 6.23. The van der Waals surface area contributed by atoms with Crippen molar-refractivity contribution >= 4 is 21.4 Å². The van der Waals surface area contributed by atoms with Gasteiger partial charge in [-0.05, 0) is 40.0 Å². The minimum absolute atomic E-state index is 0.0771. The smallest absolute Gasteiger partial charge is 0.245 e. The van der Waals surface area contributed by atoms with Crippen molar-refractivity contribution in [2.45, 2.75) is 40.0 Å². The van der Waals surface area contributed by atoms with E-state index in [9.17, 15) is 18.0 Å². The van der Waals surface area contributed by atoms with Crippen LogP contribution in [0.5, 0.6) is 0 Å². The van der Waals surface area contributed by atoms with Gasteiger partial charge in [-0.15, -0.1) is 0 Å². The van der Waals surface area contributed by atoms with Crippen LogP contribution in [0.25, 0.3) is 0 Å². The number of nitrogens with one attached hydrogen (secondary N) is 1. The lowest BCUT2D eigenvalue weighted by molar-refractivity contribution is -0.118. The van der Waals surface area contributed by atoms with Gasteiger partial charge in [0.25, 0.3) is 0 Å². The highest BCUT2D eigenvalue weighted by Crippen LogP contribution is 2.31. The Hall–Kier alpha value is -2.15. The van der Waals surface area contributed by atoms with Gasteiger partial charge in [-0.25, -0.2) is 8.42 Å². The van der Waals surface area contributed by atoms with Crippen LogP contribution in [0.3, 0.4) is 0 Å². The molecule has 2 aliphatic rings. The molecule has 0 unspecified atom stereocenters. The maximum Gasteiger partial charge on any atom is 0.245 e. The molecule has 26 heavy (non-hydrogen) atoms. The maximum atomic E-state index is 12.8. The summed E-state index contributed by atoms with van der Waals surface area (Å²) in [5.41, 5.74) is 2.25. The third-order valence-electron chi connectivity index (χ3n) is 4.35. The molecule has 0 bridgehead atoms. The van der Waals surface area contributed by atoms with Gasteiger partial charge in [-0.1, -0.05) is 23.3 Å². The van der Waals surface area contributed by atoms with Gasteiger partial charge in [0.15, 0.2) is 15.6 Å². The summed E-state index contributed by atoms with van der Waals surface area (Å²) in [7, 11) is -2.45. The van der Waals surface area contributed by atoms with Crippen molar-refractivity contribution < 1.29 is 22.7 Å². The molecular weight excluding hydrogens is 354 g/mol. The Labute approximate surface area is 154 Å².